The molecule has 1 amide bonds. The van der Waals surface area contributed by atoms with Crippen LogP contribution in [-0.2, 0) is 29.4 Å². The second-order valence-electron chi connectivity index (χ2n) is 12.1. The van der Waals surface area contributed by atoms with Gasteiger partial charge in [-0.3, -0.25) is 14.5 Å². The third kappa shape index (κ3) is 6.41. The van der Waals surface area contributed by atoms with Crippen molar-refractivity contribution in [2.24, 2.45) is 12.8 Å². The fraction of sp³-hybridized carbons (Fsp3) is 0.455. The highest BCUT2D eigenvalue weighted by molar-refractivity contribution is 5.87. The zero-order valence-electron chi connectivity index (χ0n) is 25.6. The Bertz CT molecular complexity index is 1550. The van der Waals surface area contributed by atoms with Gasteiger partial charge in [0.1, 0.15) is 24.8 Å². The summed E-state index contributed by atoms with van der Waals surface area (Å²) in [6, 6.07) is 14.3. The topological polar surface area (TPSA) is 125 Å². The van der Waals surface area contributed by atoms with E-state index in [-0.39, 0.29) is 0 Å². The Morgan fingerprint density at radius 2 is 2.05 bits per heavy atom. The number of primary amides is 1. The van der Waals surface area contributed by atoms with Crippen molar-refractivity contribution in [3.8, 4) is 17.1 Å². The summed E-state index contributed by atoms with van der Waals surface area (Å²) in [6.45, 7) is 3.40. The molecule has 1 aromatic carbocycles. The van der Waals surface area contributed by atoms with Crippen molar-refractivity contribution in [3.63, 3.8) is 0 Å². The molecule has 0 aliphatic carbocycles. The van der Waals surface area contributed by atoms with Gasteiger partial charge in [0.25, 0.3) is 0 Å². The average Bonchev–Trinajstić information content (AvgIpc) is 3.43. The van der Waals surface area contributed by atoms with Crippen molar-refractivity contribution in [2.45, 2.75) is 56.8 Å². The molecule has 1 aliphatic rings. The maximum Gasteiger partial charge on any atom is 0.249 e. The zero-order chi connectivity index (χ0) is 30.6. The third-order valence-corrected chi connectivity index (χ3v) is 8.93. The van der Waals surface area contributed by atoms with E-state index in [1.165, 1.54) is 0 Å². The number of carbonyl (C=O) groups is 1. The Balaban J connectivity index is 1.40. The molecule has 1 saturated heterocycles. The molecular formula is C33H43N6O4+. The molecule has 0 saturated carbocycles. The first kappa shape index (κ1) is 30.6. The average molecular weight is 588 g/mol. The first-order chi connectivity index (χ1) is 20.6. The van der Waals surface area contributed by atoms with Gasteiger partial charge in [0.05, 0.1) is 32.6 Å². The predicted molar refractivity (Wildman–Crippen MR) is 165 cm³/mol. The molecule has 10 nitrogen and oxygen atoms in total. The number of unbranched alkanes of at least 4 members (excludes halogenated alkanes) is 1. The number of aromatic nitrogens is 4. The molecule has 0 bridgehead atoms. The lowest BCUT2D eigenvalue weighted by Gasteiger charge is -2.54. The molecule has 43 heavy (non-hydrogen) atoms. The number of ether oxygens (including phenoxy) is 2. The van der Waals surface area contributed by atoms with Crippen molar-refractivity contribution in [3.05, 3.63) is 72.3 Å². The Kier molecular flexibility index (Phi) is 9.10. The highest BCUT2D eigenvalue weighted by Crippen LogP contribution is 2.38. The minimum atomic E-state index is -1.12. The van der Waals surface area contributed by atoms with Crippen molar-refractivity contribution in [2.75, 3.05) is 33.9 Å². The number of pyridine rings is 2. The smallest absolute Gasteiger partial charge is 0.249 e. The van der Waals surface area contributed by atoms with Gasteiger partial charge in [-0.05, 0) is 42.0 Å². The van der Waals surface area contributed by atoms with Gasteiger partial charge in [-0.25, -0.2) is 4.98 Å². The summed E-state index contributed by atoms with van der Waals surface area (Å²) in [5.74, 6) is -0.0478. The van der Waals surface area contributed by atoms with Gasteiger partial charge in [-0.15, -0.1) is 0 Å². The van der Waals surface area contributed by atoms with E-state index in [2.05, 4.69) is 43.2 Å². The van der Waals surface area contributed by atoms with Crippen LogP contribution in [0.4, 0.5) is 0 Å². The monoisotopic (exact) mass is 587 g/mol. The van der Waals surface area contributed by atoms with Crippen LogP contribution in [0.25, 0.3) is 22.0 Å². The Morgan fingerprint density at radius 3 is 2.74 bits per heavy atom. The lowest BCUT2D eigenvalue weighted by Crippen LogP contribution is -2.73. The number of aryl methyl sites for hydroxylation is 2. The van der Waals surface area contributed by atoms with Crippen molar-refractivity contribution < 1.29 is 23.9 Å². The summed E-state index contributed by atoms with van der Waals surface area (Å²) >= 11 is 0. The van der Waals surface area contributed by atoms with Gasteiger partial charge < -0.3 is 24.8 Å². The van der Waals surface area contributed by atoms with Crippen LogP contribution in [-0.4, -0.2) is 86.8 Å². The van der Waals surface area contributed by atoms with E-state index in [0.717, 1.165) is 52.5 Å². The molecule has 0 spiro atoms. The standard InChI is InChI=1S/C33H42N6O4/c1-5-6-10-26-18-24-9-7-8-11-27(24)32(37-26)43-17-15-39(3,4)33(14-16-42-29(30(33)40)31(34)41)19-23-12-13-28(35-20-23)25-21-36-38(2)22-25/h7-9,11-13,18,20-22,29-30,40H,5-6,10,14-17,19H2,1-4H3,(H-,34,41)/p+1/t29?,30-,33+/m0/s1. The number of rotatable bonds is 12. The van der Waals surface area contributed by atoms with Crippen LogP contribution in [0.15, 0.2) is 61.1 Å². The predicted octanol–water partition coefficient (Wildman–Crippen LogP) is 3.44. The Hall–Kier alpha value is -3.86. The van der Waals surface area contributed by atoms with E-state index in [4.69, 9.17) is 20.2 Å². The summed E-state index contributed by atoms with van der Waals surface area (Å²) in [5, 5.41) is 18.1. The van der Waals surface area contributed by atoms with Crippen LogP contribution in [0.5, 0.6) is 5.88 Å². The molecule has 1 fully saturated rings. The number of fused-ring (bicyclic) bond motifs is 1. The minimum Gasteiger partial charge on any atom is -0.471 e. The zero-order valence-corrected chi connectivity index (χ0v) is 25.6. The molecule has 4 heterocycles. The number of nitrogens with two attached hydrogens (primary N) is 1. The lowest BCUT2D eigenvalue weighted by molar-refractivity contribution is -0.948. The molecule has 228 valence electrons. The van der Waals surface area contributed by atoms with Crippen molar-refractivity contribution in [1.29, 1.82) is 0 Å². The van der Waals surface area contributed by atoms with E-state index < -0.39 is 23.7 Å². The number of amides is 1. The first-order valence-electron chi connectivity index (χ1n) is 15.0. The van der Waals surface area contributed by atoms with Crippen LogP contribution in [0.2, 0.25) is 0 Å². The number of hydrogen-bond acceptors (Lipinski definition) is 7. The van der Waals surface area contributed by atoms with Gasteiger partial charge in [0, 0.05) is 48.9 Å². The maximum absolute atomic E-state index is 12.3. The molecule has 10 heteroatoms. The number of carbonyl (C=O) groups excluding carboxylic acids is 1. The quantitative estimate of drug-likeness (QED) is 0.243. The van der Waals surface area contributed by atoms with Crippen molar-refractivity contribution in [1.82, 2.24) is 19.7 Å². The van der Waals surface area contributed by atoms with Crippen LogP contribution >= 0.6 is 0 Å². The molecule has 3 atom stereocenters. The number of likely N-dealkylation sites (N-methyl/N-ethyl adjacent to an activating group) is 1. The summed E-state index contributed by atoms with van der Waals surface area (Å²) in [6.07, 6.45) is 7.37. The number of nitrogens with zero attached hydrogens (tertiary/aromatic N) is 5. The lowest BCUT2D eigenvalue weighted by atomic mass is 9.75. The molecule has 1 unspecified atom stereocenters. The van der Waals surface area contributed by atoms with Crippen LogP contribution in [0.1, 0.15) is 37.4 Å². The second kappa shape index (κ2) is 12.8. The normalized spacial score (nSPS) is 20.8. The minimum absolute atomic E-state index is 0.306. The first-order valence-corrected chi connectivity index (χ1v) is 15.0. The molecule has 1 aliphatic heterocycles. The summed E-state index contributed by atoms with van der Waals surface area (Å²) in [4.78, 5) is 21.9. The number of benzene rings is 1. The SMILES string of the molecule is CCCCc1cc2ccccc2c(OCC[N+](C)(C)[C@@]2(Cc3ccc(-c4cnn(C)c4)nc3)CCOC(C(N)=O)[C@@H]2O)n1. The van der Waals surface area contributed by atoms with E-state index in [0.29, 0.717) is 43.0 Å². The fourth-order valence-electron chi connectivity index (χ4n) is 6.20. The molecule has 5 rings (SSSR count). The maximum atomic E-state index is 12.3. The number of hydrogen-bond donors (Lipinski definition) is 2. The number of aliphatic hydroxyl groups excluding tert-OH is 1. The summed E-state index contributed by atoms with van der Waals surface area (Å²) in [5.41, 5.74) is 8.62. The van der Waals surface area contributed by atoms with Gasteiger partial charge >= 0.3 is 0 Å². The van der Waals surface area contributed by atoms with Gasteiger partial charge in [0.15, 0.2) is 6.10 Å². The van der Waals surface area contributed by atoms with Crippen LogP contribution in [0.3, 0.4) is 0 Å². The number of quaternary nitrogens is 1. The van der Waals surface area contributed by atoms with Crippen LogP contribution in [0, 0.1) is 0 Å². The van der Waals surface area contributed by atoms with Crippen LogP contribution < -0.4 is 10.5 Å². The molecule has 3 aromatic heterocycles. The molecular weight excluding hydrogens is 544 g/mol. The van der Waals surface area contributed by atoms with E-state index in [9.17, 15) is 9.90 Å². The Labute approximate surface area is 253 Å². The third-order valence-electron chi connectivity index (χ3n) is 8.93. The summed E-state index contributed by atoms with van der Waals surface area (Å²) < 4.78 is 14.2. The van der Waals surface area contributed by atoms with Crippen molar-refractivity contribution >= 4 is 16.7 Å². The van der Waals surface area contributed by atoms with E-state index in [1.807, 2.05) is 49.8 Å². The molecule has 4 aromatic rings. The van der Waals surface area contributed by atoms with Gasteiger partial charge in [0.2, 0.25) is 11.8 Å². The highest BCUT2D eigenvalue weighted by atomic mass is 16.5. The Morgan fingerprint density at radius 1 is 1.23 bits per heavy atom. The van der Waals surface area contributed by atoms with Gasteiger partial charge in [-0.2, -0.15) is 5.10 Å². The van der Waals surface area contributed by atoms with E-state index >= 15 is 0 Å². The summed E-state index contributed by atoms with van der Waals surface area (Å²) in [7, 11) is 6.00. The molecule has 0 radical (unpaired) electrons. The highest BCUT2D eigenvalue weighted by Gasteiger charge is 2.57. The van der Waals surface area contributed by atoms with Gasteiger partial charge in [-0.1, -0.05) is 37.6 Å². The second-order valence-corrected chi connectivity index (χ2v) is 12.1. The number of aliphatic hydroxyl groups is 1. The fourth-order valence-corrected chi connectivity index (χ4v) is 6.20. The van der Waals surface area contributed by atoms with E-state index in [1.54, 1.807) is 10.9 Å². The molecule has 3 N–H and O–H groups in total. The largest absolute Gasteiger partial charge is 0.471 e.